The molecule has 1 N–H and O–H groups in total. The maximum Gasteiger partial charge on any atom is 0.254 e. The number of carbonyl (C=O) groups is 1. The molecule has 26 heavy (non-hydrogen) atoms. The van der Waals surface area contributed by atoms with Gasteiger partial charge in [-0.3, -0.25) is 4.79 Å². The van der Waals surface area contributed by atoms with E-state index in [0.29, 0.717) is 18.0 Å². The first kappa shape index (κ1) is 18.6. The van der Waals surface area contributed by atoms with Gasteiger partial charge >= 0.3 is 0 Å². The molecule has 1 atom stereocenters. The van der Waals surface area contributed by atoms with Gasteiger partial charge in [-0.25, -0.2) is 9.07 Å². The Morgan fingerprint density at radius 3 is 2.62 bits per heavy atom. The summed E-state index contributed by atoms with van der Waals surface area (Å²) in [6, 6.07) is 6.08. The van der Waals surface area contributed by atoms with Gasteiger partial charge in [0.1, 0.15) is 5.82 Å². The summed E-state index contributed by atoms with van der Waals surface area (Å²) in [4.78, 5) is 15.0. The van der Waals surface area contributed by atoms with Gasteiger partial charge in [0.2, 0.25) is 0 Å². The third kappa shape index (κ3) is 4.49. The van der Waals surface area contributed by atoms with E-state index in [9.17, 15) is 9.18 Å². The number of likely N-dealkylation sites (tertiary alicyclic amines) is 1. The Bertz CT molecular complexity index is 735. The zero-order valence-corrected chi connectivity index (χ0v) is 15.5. The zero-order valence-electron chi connectivity index (χ0n) is 15.5. The molecule has 2 heterocycles. The lowest BCUT2D eigenvalue weighted by molar-refractivity contribution is 0.0942. The highest BCUT2D eigenvalue weighted by molar-refractivity contribution is 5.95. The van der Waals surface area contributed by atoms with E-state index in [-0.39, 0.29) is 11.7 Å². The molecular weight excluding hydrogens is 331 g/mol. The highest BCUT2D eigenvalue weighted by Crippen LogP contribution is 2.15. The number of piperidine rings is 1. The van der Waals surface area contributed by atoms with Gasteiger partial charge in [-0.05, 0) is 63.0 Å². The van der Waals surface area contributed by atoms with E-state index in [1.165, 1.54) is 44.5 Å². The topological polar surface area (TPSA) is 50.2 Å². The summed E-state index contributed by atoms with van der Waals surface area (Å²) in [6.45, 7) is 8.03. The second-order valence-electron chi connectivity index (χ2n) is 7.21. The largest absolute Gasteiger partial charge is 0.352 e. The summed E-state index contributed by atoms with van der Waals surface area (Å²) in [6.07, 6.45) is 5.46. The Kier molecular flexibility index (Phi) is 6.04. The van der Waals surface area contributed by atoms with Crippen molar-refractivity contribution in [3.8, 4) is 5.69 Å². The Labute approximate surface area is 154 Å². The van der Waals surface area contributed by atoms with Crippen LogP contribution in [-0.2, 0) is 0 Å². The predicted octanol–water partition coefficient (Wildman–Crippen LogP) is 3.17. The molecule has 1 unspecified atom stereocenters. The fourth-order valence-electron chi connectivity index (χ4n) is 3.48. The molecule has 0 bridgehead atoms. The summed E-state index contributed by atoms with van der Waals surface area (Å²) in [5.41, 5.74) is 2.04. The smallest absolute Gasteiger partial charge is 0.254 e. The summed E-state index contributed by atoms with van der Waals surface area (Å²) in [5.74, 6) is 0.00470. The fraction of sp³-hybridized carbons (Fsp3) is 0.500. The Hall–Kier alpha value is -2.21. The first-order chi connectivity index (χ1) is 12.5. The number of benzene rings is 1. The number of rotatable bonds is 6. The lowest BCUT2D eigenvalue weighted by Gasteiger charge is -2.29. The molecule has 0 radical (unpaired) electrons. The van der Waals surface area contributed by atoms with Crippen molar-refractivity contribution in [2.24, 2.45) is 5.92 Å². The van der Waals surface area contributed by atoms with Crippen LogP contribution < -0.4 is 5.32 Å². The molecule has 3 rings (SSSR count). The number of hydrogen-bond acceptors (Lipinski definition) is 3. The van der Waals surface area contributed by atoms with Crippen molar-refractivity contribution in [2.75, 3.05) is 26.2 Å². The third-order valence-electron chi connectivity index (χ3n) is 4.96. The highest BCUT2D eigenvalue weighted by Gasteiger charge is 2.17. The van der Waals surface area contributed by atoms with Crippen LogP contribution in [0, 0.1) is 18.7 Å². The van der Waals surface area contributed by atoms with Crippen molar-refractivity contribution in [3.05, 3.63) is 47.5 Å². The Balaban J connectivity index is 1.57. The standard InChI is InChI=1S/C20H27FN4O/c1-15(14-24-10-4-3-5-11-24)12-22-20(26)19-13-23-25(16(19)2)18-8-6-17(21)7-9-18/h6-9,13,15H,3-5,10-12,14H2,1-2H3,(H,22,26). The Morgan fingerprint density at radius 1 is 1.23 bits per heavy atom. The number of nitrogens with one attached hydrogen (secondary N) is 1. The van der Waals surface area contributed by atoms with Crippen molar-refractivity contribution >= 4 is 5.91 Å². The van der Waals surface area contributed by atoms with Gasteiger partial charge in [0.05, 0.1) is 23.1 Å². The normalized spacial score (nSPS) is 16.4. The SMILES string of the molecule is Cc1c(C(=O)NCC(C)CN2CCCCC2)cnn1-c1ccc(F)cc1. The molecule has 0 aliphatic carbocycles. The monoisotopic (exact) mass is 358 g/mol. The molecule has 1 fully saturated rings. The molecule has 1 amide bonds. The first-order valence-corrected chi connectivity index (χ1v) is 9.35. The van der Waals surface area contributed by atoms with Crippen LogP contribution in [0.5, 0.6) is 0 Å². The third-order valence-corrected chi connectivity index (χ3v) is 4.96. The quantitative estimate of drug-likeness (QED) is 0.863. The van der Waals surface area contributed by atoms with Crippen molar-refractivity contribution in [2.45, 2.75) is 33.1 Å². The molecule has 1 aliphatic rings. The lowest BCUT2D eigenvalue weighted by atomic mass is 10.1. The van der Waals surface area contributed by atoms with Crippen molar-refractivity contribution in [1.29, 1.82) is 0 Å². The average Bonchev–Trinajstić information content (AvgIpc) is 3.03. The van der Waals surface area contributed by atoms with Crippen LogP contribution in [-0.4, -0.2) is 46.8 Å². The Morgan fingerprint density at radius 2 is 1.92 bits per heavy atom. The van der Waals surface area contributed by atoms with E-state index in [4.69, 9.17) is 0 Å². The van der Waals surface area contributed by atoms with E-state index in [0.717, 1.165) is 17.9 Å². The number of hydrogen-bond donors (Lipinski definition) is 1. The number of aromatic nitrogens is 2. The minimum atomic E-state index is -0.292. The molecular formula is C20H27FN4O. The number of nitrogens with zero attached hydrogens (tertiary/aromatic N) is 3. The van der Waals surface area contributed by atoms with Gasteiger partial charge in [-0.2, -0.15) is 5.10 Å². The molecule has 140 valence electrons. The van der Waals surface area contributed by atoms with Gasteiger partial charge in [0, 0.05) is 13.1 Å². The van der Waals surface area contributed by atoms with E-state index < -0.39 is 0 Å². The molecule has 0 saturated carbocycles. The van der Waals surface area contributed by atoms with Gasteiger partial charge < -0.3 is 10.2 Å². The van der Waals surface area contributed by atoms with E-state index in [2.05, 4.69) is 22.2 Å². The molecule has 2 aromatic rings. The predicted molar refractivity (Wildman–Crippen MR) is 100 cm³/mol. The fourth-order valence-corrected chi connectivity index (χ4v) is 3.48. The number of carbonyl (C=O) groups excluding carboxylic acids is 1. The molecule has 0 spiro atoms. The second kappa shape index (κ2) is 8.45. The highest BCUT2D eigenvalue weighted by atomic mass is 19.1. The first-order valence-electron chi connectivity index (χ1n) is 9.35. The average molecular weight is 358 g/mol. The van der Waals surface area contributed by atoms with E-state index in [1.807, 2.05) is 6.92 Å². The zero-order chi connectivity index (χ0) is 18.5. The maximum atomic E-state index is 13.1. The van der Waals surface area contributed by atoms with E-state index in [1.54, 1.807) is 23.0 Å². The van der Waals surface area contributed by atoms with Crippen molar-refractivity contribution < 1.29 is 9.18 Å². The van der Waals surface area contributed by atoms with Crippen LogP contribution in [0.2, 0.25) is 0 Å². The second-order valence-corrected chi connectivity index (χ2v) is 7.21. The van der Waals surface area contributed by atoms with Crippen LogP contribution in [0.4, 0.5) is 4.39 Å². The molecule has 1 saturated heterocycles. The van der Waals surface area contributed by atoms with Crippen molar-refractivity contribution in [3.63, 3.8) is 0 Å². The van der Waals surface area contributed by atoms with Crippen LogP contribution in [0.15, 0.2) is 30.5 Å². The van der Waals surface area contributed by atoms with Gasteiger partial charge in [-0.1, -0.05) is 13.3 Å². The molecule has 6 heteroatoms. The lowest BCUT2D eigenvalue weighted by Crippen LogP contribution is -2.38. The summed E-state index contributed by atoms with van der Waals surface area (Å²) in [7, 11) is 0. The minimum absolute atomic E-state index is 0.110. The maximum absolute atomic E-state index is 13.1. The van der Waals surface area contributed by atoms with Gasteiger partial charge in [-0.15, -0.1) is 0 Å². The number of halogens is 1. The van der Waals surface area contributed by atoms with Crippen LogP contribution in [0.25, 0.3) is 5.69 Å². The molecule has 1 aromatic heterocycles. The van der Waals surface area contributed by atoms with Crippen LogP contribution in [0.1, 0.15) is 42.2 Å². The number of amides is 1. The molecule has 5 nitrogen and oxygen atoms in total. The van der Waals surface area contributed by atoms with Crippen molar-refractivity contribution in [1.82, 2.24) is 20.0 Å². The van der Waals surface area contributed by atoms with Gasteiger partial charge in [0.25, 0.3) is 5.91 Å². The summed E-state index contributed by atoms with van der Waals surface area (Å²) >= 11 is 0. The minimum Gasteiger partial charge on any atom is -0.352 e. The summed E-state index contributed by atoms with van der Waals surface area (Å²) in [5, 5.41) is 7.31. The van der Waals surface area contributed by atoms with E-state index >= 15 is 0 Å². The van der Waals surface area contributed by atoms with Crippen LogP contribution >= 0.6 is 0 Å². The molecule has 1 aliphatic heterocycles. The van der Waals surface area contributed by atoms with Gasteiger partial charge in [0.15, 0.2) is 0 Å². The van der Waals surface area contributed by atoms with Crippen LogP contribution in [0.3, 0.4) is 0 Å². The summed E-state index contributed by atoms with van der Waals surface area (Å²) < 4.78 is 14.7. The molecule has 1 aromatic carbocycles.